The standard InChI is InChI=1S/C16H17BrN2O/c1-12-3-4-14(17)11-15(12)16(20)19(2)10-7-13-5-8-18-9-6-13/h3-6,8-9,11H,7,10H2,1-2H3. The Balaban J connectivity index is 2.03. The Morgan fingerprint density at radius 2 is 1.95 bits per heavy atom. The number of aryl methyl sites for hydroxylation is 1. The summed E-state index contributed by atoms with van der Waals surface area (Å²) in [6.07, 6.45) is 4.38. The van der Waals surface area contributed by atoms with E-state index >= 15 is 0 Å². The molecule has 0 spiro atoms. The SMILES string of the molecule is Cc1ccc(Br)cc1C(=O)N(C)CCc1ccncc1. The van der Waals surface area contributed by atoms with Gasteiger partial charge in [-0.2, -0.15) is 0 Å². The molecule has 104 valence electrons. The minimum atomic E-state index is 0.0536. The molecule has 2 aromatic rings. The second kappa shape index (κ2) is 6.66. The summed E-state index contributed by atoms with van der Waals surface area (Å²) in [5.74, 6) is 0.0536. The molecule has 4 heteroatoms. The second-order valence-electron chi connectivity index (χ2n) is 4.79. The van der Waals surface area contributed by atoms with Crippen molar-refractivity contribution in [2.75, 3.05) is 13.6 Å². The molecule has 1 aromatic carbocycles. The zero-order valence-corrected chi connectivity index (χ0v) is 13.2. The first-order valence-electron chi connectivity index (χ1n) is 6.48. The van der Waals surface area contributed by atoms with Gasteiger partial charge < -0.3 is 4.90 Å². The van der Waals surface area contributed by atoms with Crippen LogP contribution in [0.3, 0.4) is 0 Å². The Hall–Kier alpha value is -1.68. The van der Waals surface area contributed by atoms with Crippen molar-refractivity contribution in [2.45, 2.75) is 13.3 Å². The normalized spacial score (nSPS) is 10.3. The minimum Gasteiger partial charge on any atom is -0.341 e. The Bertz CT molecular complexity index is 599. The summed E-state index contributed by atoms with van der Waals surface area (Å²) in [6.45, 7) is 2.64. The number of benzene rings is 1. The quantitative estimate of drug-likeness (QED) is 0.858. The molecule has 0 saturated carbocycles. The highest BCUT2D eigenvalue weighted by Gasteiger charge is 2.14. The number of nitrogens with zero attached hydrogens (tertiary/aromatic N) is 2. The lowest BCUT2D eigenvalue weighted by Crippen LogP contribution is -2.29. The van der Waals surface area contributed by atoms with E-state index in [0.29, 0.717) is 6.54 Å². The van der Waals surface area contributed by atoms with Crippen molar-refractivity contribution in [2.24, 2.45) is 0 Å². The van der Waals surface area contributed by atoms with E-state index in [1.54, 1.807) is 17.3 Å². The zero-order chi connectivity index (χ0) is 14.5. The summed E-state index contributed by atoms with van der Waals surface area (Å²) in [5.41, 5.74) is 2.93. The molecular formula is C16H17BrN2O. The first-order valence-corrected chi connectivity index (χ1v) is 7.28. The first-order chi connectivity index (χ1) is 9.58. The van der Waals surface area contributed by atoms with Crippen LogP contribution in [0, 0.1) is 6.92 Å². The van der Waals surface area contributed by atoms with Crippen molar-refractivity contribution >= 4 is 21.8 Å². The molecule has 0 radical (unpaired) electrons. The molecule has 0 aliphatic rings. The van der Waals surface area contributed by atoms with Crippen LogP contribution in [0.5, 0.6) is 0 Å². The number of rotatable bonds is 4. The maximum Gasteiger partial charge on any atom is 0.253 e. The largest absolute Gasteiger partial charge is 0.341 e. The highest BCUT2D eigenvalue weighted by atomic mass is 79.9. The van der Waals surface area contributed by atoms with Gasteiger partial charge in [0.25, 0.3) is 5.91 Å². The molecular weight excluding hydrogens is 316 g/mol. The van der Waals surface area contributed by atoms with E-state index in [4.69, 9.17) is 0 Å². The molecule has 0 atom stereocenters. The van der Waals surface area contributed by atoms with E-state index in [1.807, 2.05) is 44.3 Å². The Kier molecular flexibility index (Phi) is 4.90. The average molecular weight is 333 g/mol. The number of aromatic nitrogens is 1. The predicted octanol–water partition coefficient (Wildman–Crippen LogP) is 3.47. The number of pyridine rings is 1. The molecule has 0 unspecified atom stereocenters. The number of amides is 1. The highest BCUT2D eigenvalue weighted by molar-refractivity contribution is 9.10. The van der Waals surface area contributed by atoms with Crippen LogP contribution in [0.15, 0.2) is 47.2 Å². The average Bonchev–Trinajstić information content (AvgIpc) is 2.47. The number of hydrogen-bond acceptors (Lipinski definition) is 2. The monoisotopic (exact) mass is 332 g/mol. The van der Waals surface area contributed by atoms with Gasteiger partial charge in [0.05, 0.1) is 0 Å². The lowest BCUT2D eigenvalue weighted by Gasteiger charge is -2.18. The Morgan fingerprint density at radius 3 is 2.65 bits per heavy atom. The van der Waals surface area contributed by atoms with E-state index in [2.05, 4.69) is 20.9 Å². The molecule has 1 heterocycles. The number of hydrogen-bond donors (Lipinski definition) is 0. The summed E-state index contributed by atoms with van der Waals surface area (Å²) < 4.78 is 0.925. The number of carbonyl (C=O) groups excluding carboxylic acids is 1. The molecule has 20 heavy (non-hydrogen) atoms. The van der Waals surface area contributed by atoms with Crippen LogP contribution in [0.25, 0.3) is 0 Å². The van der Waals surface area contributed by atoms with Crippen LogP contribution in [-0.4, -0.2) is 29.4 Å². The number of carbonyl (C=O) groups is 1. The van der Waals surface area contributed by atoms with Crippen molar-refractivity contribution in [1.29, 1.82) is 0 Å². The highest BCUT2D eigenvalue weighted by Crippen LogP contribution is 2.17. The summed E-state index contributed by atoms with van der Waals surface area (Å²) >= 11 is 3.41. The number of halogens is 1. The second-order valence-corrected chi connectivity index (χ2v) is 5.71. The van der Waals surface area contributed by atoms with Crippen molar-refractivity contribution < 1.29 is 4.79 Å². The van der Waals surface area contributed by atoms with Gasteiger partial charge in [-0.3, -0.25) is 9.78 Å². The van der Waals surface area contributed by atoms with E-state index in [0.717, 1.165) is 22.0 Å². The van der Waals surface area contributed by atoms with Crippen LogP contribution in [-0.2, 0) is 6.42 Å². The molecule has 0 aliphatic heterocycles. The van der Waals surface area contributed by atoms with Gasteiger partial charge in [0.15, 0.2) is 0 Å². The summed E-state index contributed by atoms with van der Waals surface area (Å²) in [4.78, 5) is 18.2. The molecule has 0 fully saturated rings. The van der Waals surface area contributed by atoms with Crippen LogP contribution < -0.4 is 0 Å². The number of likely N-dealkylation sites (N-methyl/N-ethyl adjacent to an activating group) is 1. The molecule has 0 bridgehead atoms. The molecule has 1 aromatic heterocycles. The predicted molar refractivity (Wildman–Crippen MR) is 83.8 cm³/mol. The van der Waals surface area contributed by atoms with Gasteiger partial charge in [-0.1, -0.05) is 22.0 Å². The maximum atomic E-state index is 12.4. The van der Waals surface area contributed by atoms with Gasteiger partial charge in [-0.25, -0.2) is 0 Å². The third-order valence-corrected chi connectivity index (χ3v) is 3.76. The third-order valence-electron chi connectivity index (χ3n) is 3.26. The molecule has 0 aliphatic carbocycles. The van der Waals surface area contributed by atoms with E-state index in [9.17, 15) is 4.79 Å². The fraction of sp³-hybridized carbons (Fsp3) is 0.250. The van der Waals surface area contributed by atoms with Crippen LogP contribution in [0.4, 0.5) is 0 Å². The van der Waals surface area contributed by atoms with E-state index in [1.165, 1.54) is 5.56 Å². The third kappa shape index (κ3) is 3.67. The van der Waals surface area contributed by atoms with Crippen LogP contribution >= 0.6 is 15.9 Å². The summed E-state index contributed by atoms with van der Waals surface area (Å²) in [5, 5.41) is 0. The first kappa shape index (κ1) is 14.7. The van der Waals surface area contributed by atoms with Crippen molar-refractivity contribution in [1.82, 2.24) is 9.88 Å². The van der Waals surface area contributed by atoms with Gasteiger partial charge in [-0.15, -0.1) is 0 Å². The van der Waals surface area contributed by atoms with Crippen molar-refractivity contribution in [3.63, 3.8) is 0 Å². The van der Waals surface area contributed by atoms with Gasteiger partial charge >= 0.3 is 0 Å². The summed E-state index contributed by atoms with van der Waals surface area (Å²) in [6, 6.07) is 9.73. The van der Waals surface area contributed by atoms with E-state index in [-0.39, 0.29) is 5.91 Å². The topological polar surface area (TPSA) is 33.2 Å². The fourth-order valence-electron chi connectivity index (χ4n) is 1.98. The summed E-state index contributed by atoms with van der Waals surface area (Å²) in [7, 11) is 1.84. The fourth-order valence-corrected chi connectivity index (χ4v) is 2.34. The zero-order valence-electron chi connectivity index (χ0n) is 11.6. The van der Waals surface area contributed by atoms with Crippen LogP contribution in [0.2, 0.25) is 0 Å². The van der Waals surface area contributed by atoms with Gasteiger partial charge in [0, 0.05) is 36.0 Å². The van der Waals surface area contributed by atoms with Gasteiger partial charge in [0.2, 0.25) is 0 Å². The maximum absolute atomic E-state index is 12.4. The van der Waals surface area contributed by atoms with Crippen molar-refractivity contribution in [3.8, 4) is 0 Å². The minimum absolute atomic E-state index is 0.0536. The van der Waals surface area contributed by atoms with Gasteiger partial charge in [-0.05, 0) is 48.7 Å². The van der Waals surface area contributed by atoms with Crippen molar-refractivity contribution in [3.05, 3.63) is 63.9 Å². The Labute approximate surface area is 127 Å². The molecule has 1 amide bonds. The molecule has 0 N–H and O–H groups in total. The Morgan fingerprint density at radius 1 is 1.25 bits per heavy atom. The lowest BCUT2D eigenvalue weighted by molar-refractivity contribution is 0.0796. The van der Waals surface area contributed by atoms with E-state index < -0.39 is 0 Å². The molecule has 3 nitrogen and oxygen atoms in total. The van der Waals surface area contributed by atoms with Crippen LogP contribution in [0.1, 0.15) is 21.5 Å². The molecule has 2 rings (SSSR count). The molecule has 0 saturated heterocycles. The van der Waals surface area contributed by atoms with Gasteiger partial charge in [0.1, 0.15) is 0 Å². The smallest absolute Gasteiger partial charge is 0.253 e. The lowest BCUT2D eigenvalue weighted by atomic mass is 10.1.